The molecule has 0 radical (unpaired) electrons. The van der Waals surface area contributed by atoms with E-state index >= 15 is 0 Å². The minimum absolute atomic E-state index is 0.152. The molecule has 0 aliphatic heterocycles. The molecule has 0 atom stereocenters. The van der Waals surface area contributed by atoms with Gasteiger partial charge in [-0.2, -0.15) is 0 Å². The minimum atomic E-state index is -1.58. The number of rotatable bonds is 6. The summed E-state index contributed by atoms with van der Waals surface area (Å²) in [6.07, 6.45) is 0.947. The molecule has 23 heavy (non-hydrogen) atoms. The van der Waals surface area contributed by atoms with Gasteiger partial charge in [-0.05, 0) is 41.3 Å². The van der Waals surface area contributed by atoms with Crippen LogP contribution in [-0.4, -0.2) is 22.5 Å². The van der Waals surface area contributed by atoms with Crippen LogP contribution in [-0.2, 0) is 12.8 Å². The molecule has 2 N–H and O–H groups in total. The predicted octanol–water partition coefficient (Wildman–Crippen LogP) is 2.99. The maximum absolute atomic E-state index is 9.00. The van der Waals surface area contributed by atoms with Gasteiger partial charge in [-0.25, -0.2) is 0 Å². The summed E-state index contributed by atoms with van der Waals surface area (Å²) in [5.74, 6) is 1.52. The first-order valence-corrected chi connectivity index (χ1v) is 7.54. The zero-order chi connectivity index (χ0) is 16.2. The fraction of sp³-hybridized carbons (Fsp3) is 0.278. The zero-order valence-corrected chi connectivity index (χ0v) is 12.9. The largest absolute Gasteiger partial charge is 0.497 e. The van der Waals surface area contributed by atoms with E-state index in [4.69, 9.17) is 19.5 Å². The van der Waals surface area contributed by atoms with E-state index in [1.54, 1.807) is 13.2 Å². The Morgan fingerprint density at radius 2 is 1.83 bits per heavy atom. The van der Waals surface area contributed by atoms with Gasteiger partial charge in [0.15, 0.2) is 6.29 Å². The lowest BCUT2D eigenvalue weighted by Crippen LogP contribution is -1.93. The fourth-order valence-corrected chi connectivity index (χ4v) is 2.59. The van der Waals surface area contributed by atoms with Gasteiger partial charge >= 0.3 is 0 Å². The minimum Gasteiger partial charge on any atom is -0.497 e. The van der Waals surface area contributed by atoms with Crippen LogP contribution < -0.4 is 4.74 Å². The van der Waals surface area contributed by atoms with E-state index < -0.39 is 6.29 Å². The second-order valence-electron chi connectivity index (χ2n) is 5.49. The molecule has 0 unspecified atom stereocenters. The molecule has 2 aromatic carbocycles. The van der Waals surface area contributed by atoms with Crippen LogP contribution in [0.1, 0.15) is 29.7 Å². The molecule has 0 saturated carbocycles. The van der Waals surface area contributed by atoms with Gasteiger partial charge in [0.05, 0.1) is 7.11 Å². The van der Waals surface area contributed by atoms with Gasteiger partial charge in [0.25, 0.3) is 0 Å². The second-order valence-corrected chi connectivity index (χ2v) is 5.49. The summed E-state index contributed by atoms with van der Waals surface area (Å²) in [5, 5.41) is 24.0. The van der Waals surface area contributed by atoms with Crippen LogP contribution in [0.15, 0.2) is 47.0 Å². The number of hydrogen-bond acceptors (Lipinski definition) is 5. The normalized spacial score (nSPS) is 11.3. The lowest BCUT2D eigenvalue weighted by molar-refractivity contribution is -0.0476. The third kappa shape index (κ3) is 3.70. The first-order valence-electron chi connectivity index (χ1n) is 7.54. The van der Waals surface area contributed by atoms with E-state index in [0.29, 0.717) is 12.2 Å². The highest BCUT2D eigenvalue weighted by Crippen LogP contribution is 2.22. The number of aryl methyl sites for hydroxylation is 2. The summed E-state index contributed by atoms with van der Waals surface area (Å²) >= 11 is 0. The summed E-state index contributed by atoms with van der Waals surface area (Å²) in [4.78, 5) is 0. The Morgan fingerprint density at radius 3 is 2.57 bits per heavy atom. The first kappa shape index (κ1) is 15.5. The van der Waals surface area contributed by atoms with Gasteiger partial charge in [-0.1, -0.05) is 29.4 Å². The molecule has 1 aromatic heterocycles. The third-order valence-electron chi connectivity index (χ3n) is 3.84. The van der Waals surface area contributed by atoms with Gasteiger partial charge in [-0.3, -0.25) is 0 Å². The van der Waals surface area contributed by atoms with Gasteiger partial charge in [0, 0.05) is 12.5 Å². The zero-order valence-electron chi connectivity index (χ0n) is 12.9. The Labute approximate surface area is 134 Å². The van der Waals surface area contributed by atoms with Crippen LogP contribution in [0.5, 0.6) is 5.75 Å². The SMILES string of the molecule is COc1ccc2cc(CCCc3cc(C(O)O)no3)ccc2c1. The van der Waals surface area contributed by atoms with Crippen molar-refractivity contribution in [1.82, 2.24) is 5.16 Å². The molecule has 3 aromatic rings. The number of nitrogens with zero attached hydrogens (tertiary/aromatic N) is 1. The Bertz CT molecular complexity index is 795. The number of aliphatic hydroxyl groups excluding tert-OH is 1. The van der Waals surface area contributed by atoms with E-state index in [1.807, 2.05) is 12.1 Å². The van der Waals surface area contributed by atoms with Crippen LogP contribution in [0.3, 0.4) is 0 Å². The highest BCUT2D eigenvalue weighted by Gasteiger charge is 2.10. The van der Waals surface area contributed by atoms with Crippen LogP contribution >= 0.6 is 0 Å². The molecular formula is C18H19NO4. The molecule has 120 valence electrons. The summed E-state index contributed by atoms with van der Waals surface area (Å²) in [6, 6.07) is 14.0. The van der Waals surface area contributed by atoms with Crippen LogP contribution in [0.25, 0.3) is 10.8 Å². The monoisotopic (exact) mass is 313 g/mol. The molecule has 0 aliphatic carbocycles. The highest BCUT2D eigenvalue weighted by molar-refractivity contribution is 5.84. The molecular weight excluding hydrogens is 294 g/mol. The molecule has 0 spiro atoms. The number of fused-ring (bicyclic) bond motifs is 1. The summed E-state index contributed by atoms with van der Waals surface area (Å²) in [6.45, 7) is 0. The van der Waals surface area contributed by atoms with Gasteiger partial charge in [-0.15, -0.1) is 0 Å². The van der Waals surface area contributed by atoms with E-state index in [-0.39, 0.29) is 5.69 Å². The van der Waals surface area contributed by atoms with Crippen LogP contribution in [0.2, 0.25) is 0 Å². The van der Waals surface area contributed by atoms with Crippen molar-refractivity contribution in [3.8, 4) is 5.75 Å². The Kier molecular flexibility index (Phi) is 4.60. The third-order valence-corrected chi connectivity index (χ3v) is 3.84. The summed E-state index contributed by atoms with van der Waals surface area (Å²) < 4.78 is 10.3. The van der Waals surface area contributed by atoms with E-state index in [2.05, 4.69) is 29.4 Å². The van der Waals surface area contributed by atoms with E-state index in [1.165, 1.54) is 10.9 Å². The topological polar surface area (TPSA) is 75.7 Å². The molecule has 0 amide bonds. The van der Waals surface area contributed by atoms with Crippen molar-refractivity contribution in [2.75, 3.05) is 7.11 Å². The van der Waals surface area contributed by atoms with Gasteiger partial charge in [0.1, 0.15) is 17.2 Å². The Hall–Kier alpha value is -2.37. The van der Waals surface area contributed by atoms with Crippen molar-refractivity contribution in [1.29, 1.82) is 0 Å². The summed E-state index contributed by atoms with van der Waals surface area (Å²) in [7, 11) is 1.67. The maximum Gasteiger partial charge on any atom is 0.199 e. The molecule has 5 heteroatoms. The van der Waals surface area contributed by atoms with Crippen LogP contribution in [0.4, 0.5) is 0 Å². The molecule has 0 bridgehead atoms. The smallest absolute Gasteiger partial charge is 0.199 e. The lowest BCUT2D eigenvalue weighted by Gasteiger charge is -2.05. The predicted molar refractivity (Wildman–Crippen MR) is 86.2 cm³/mol. The average molecular weight is 313 g/mol. The van der Waals surface area contributed by atoms with Crippen molar-refractivity contribution in [2.45, 2.75) is 25.6 Å². The molecule has 1 heterocycles. The number of ether oxygens (including phenoxy) is 1. The number of benzene rings is 2. The molecule has 0 saturated heterocycles. The van der Waals surface area contributed by atoms with Crippen molar-refractivity contribution in [3.63, 3.8) is 0 Å². The van der Waals surface area contributed by atoms with Crippen molar-refractivity contribution >= 4 is 10.8 Å². The molecule has 0 aliphatic rings. The van der Waals surface area contributed by atoms with E-state index in [0.717, 1.165) is 24.0 Å². The molecule has 3 rings (SSSR count). The lowest BCUT2D eigenvalue weighted by atomic mass is 10.0. The first-order chi connectivity index (χ1) is 11.2. The fourth-order valence-electron chi connectivity index (χ4n) is 2.59. The number of methoxy groups -OCH3 is 1. The molecule has 5 nitrogen and oxygen atoms in total. The van der Waals surface area contributed by atoms with Crippen molar-refractivity contribution in [3.05, 3.63) is 59.5 Å². The van der Waals surface area contributed by atoms with Gasteiger partial charge < -0.3 is 19.5 Å². The quantitative estimate of drug-likeness (QED) is 0.684. The summed E-state index contributed by atoms with van der Waals surface area (Å²) in [5.41, 5.74) is 1.41. The molecule has 0 fully saturated rings. The number of hydrogen-bond donors (Lipinski definition) is 2. The van der Waals surface area contributed by atoms with Crippen molar-refractivity contribution < 1.29 is 19.5 Å². The average Bonchev–Trinajstić information content (AvgIpc) is 3.03. The second kappa shape index (κ2) is 6.81. The highest BCUT2D eigenvalue weighted by atomic mass is 16.5. The standard InChI is InChI=1S/C18H19NO4/c1-22-15-8-7-13-9-12(5-6-14(13)10-15)3-2-4-16-11-17(18(20)21)19-23-16/h5-11,18,20-21H,2-4H2,1H3. The number of aromatic nitrogens is 1. The Morgan fingerprint density at radius 1 is 1.04 bits per heavy atom. The maximum atomic E-state index is 9.00. The number of aliphatic hydroxyl groups is 2. The van der Waals surface area contributed by atoms with Crippen LogP contribution in [0, 0.1) is 0 Å². The van der Waals surface area contributed by atoms with E-state index in [9.17, 15) is 0 Å². The van der Waals surface area contributed by atoms with Crippen molar-refractivity contribution in [2.24, 2.45) is 0 Å². The Balaban J connectivity index is 1.62. The van der Waals surface area contributed by atoms with Gasteiger partial charge in [0.2, 0.25) is 0 Å².